The molecule has 0 radical (unpaired) electrons. The summed E-state index contributed by atoms with van der Waals surface area (Å²) in [5.74, 6) is 0.831. The van der Waals surface area contributed by atoms with Crippen LogP contribution >= 0.6 is 0 Å². The summed E-state index contributed by atoms with van der Waals surface area (Å²) in [7, 11) is 1.65. The first-order valence-corrected chi connectivity index (χ1v) is 8.20. The number of anilines is 2. The maximum atomic E-state index is 12.1. The number of rotatable bonds is 7. The van der Waals surface area contributed by atoms with E-state index in [-0.39, 0.29) is 0 Å². The van der Waals surface area contributed by atoms with Crippen molar-refractivity contribution < 1.29 is 9.53 Å². The molecular weight excluding hydrogens is 348 g/mol. The molecule has 3 heterocycles. The molecule has 2 amide bonds. The van der Waals surface area contributed by atoms with Gasteiger partial charge >= 0.3 is 6.03 Å². The van der Waals surface area contributed by atoms with Crippen LogP contribution in [0.5, 0.6) is 0 Å². The summed E-state index contributed by atoms with van der Waals surface area (Å²) in [5.41, 5.74) is 0.845. The Kier molecular flexibility index (Phi) is 5.76. The highest BCUT2D eigenvalue weighted by Crippen LogP contribution is 2.13. The van der Waals surface area contributed by atoms with Crippen molar-refractivity contribution in [2.45, 2.75) is 13.0 Å². The monoisotopic (exact) mass is 366 g/mol. The second-order valence-electron chi connectivity index (χ2n) is 5.55. The third-order valence-corrected chi connectivity index (χ3v) is 3.58. The number of urea groups is 1. The normalized spacial score (nSPS) is 10.4. The van der Waals surface area contributed by atoms with Crippen molar-refractivity contribution in [3.05, 3.63) is 48.5 Å². The van der Waals surface area contributed by atoms with E-state index in [9.17, 15) is 4.79 Å². The third kappa shape index (κ3) is 4.68. The number of carbonyl (C=O) groups is 1. The molecule has 10 nitrogen and oxygen atoms in total. The van der Waals surface area contributed by atoms with Crippen molar-refractivity contribution in [1.29, 1.82) is 5.26 Å². The lowest BCUT2D eigenvalue weighted by atomic mass is 10.3. The van der Waals surface area contributed by atoms with Crippen molar-refractivity contribution in [3.8, 4) is 11.9 Å². The second-order valence-corrected chi connectivity index (χ2v) is 5.55. The standard InChI is InChI=1S/C17H18N8O2/c1-27-9-3-7-24-8-5-15(23-24)22-17(26)21-14-11-20-25(12-14)16-13(10-18)4-2-6-19-16/h2,4-6,8,11-12H,3,7,9H2,1H3,(H2,21,22,23,26). The van der Waals surface area contributed by atoms with Gasteiger partial charge in [0.25, 0.3) is 0 Å². The van der Waals surface area contributed by atoms with Gasteiger partial charge in [-0.2, -0.15) is 15.5 Å². The van der Waals surface area contributed by atoms with Crippen LogP contribution in [0.2, 0.25) is 0 Å². The number of pyridine rings is 1. The second kappa shape index (κ2) is 8.59. The SMILES string of the molecule is COCCCn1ccc(NC(=O)Nc2cnn(-c3ncccc3C#N)c2)n1. The number of carbonyl (C=O) groups excluding carboxylic acids is 1. The van der Waals surface area contributed by atoms with Crippen LogP contribution in [0.3, 0.4) is 0 Å². The van der Waals surface area contributed by atoms with Gasteiger partial charge in [0.2, 0.25) is 0 Å². The summed E-state index contributed by atoms with van der Waals surface area (Å²) in [4.78, 5) is 16.3. The Balaban J connectivity index is 1.59. The predicted molar refractivity (Wildman–Crippen MR) is 97.4 cm³/mol. The number of nitrogens with one attached hydrogen (secondary N) is 2. The average molecular weight is 366 g/mol. The van der Waals surface area contributed by atoms with Gasteiger partial charge in [0.05, 0.1) is 23.6 Å². The minimum absolute atomic E-state index is 0.385. The number of nitrogens with zero attached hydrogens (tertiary/aromatic N) is 6. The number of hydrogen-bond acceptors (Lipinski definition) is 6. The van der Waals surface area contributed by atoms with Crippen LogP contribution in [0, 0.1) is 11.3 Å². The van der Waals surface area contributed by atoms with Crippen LogP contribution in [0.4, 0.5) is 16.3 Å². The molecule has 0 saturated heterocycles. The van der Waals surface area contributed by atoms with E-state index < -0.39 is 6.03 Å². The fraction of sp³-hybridized carbons (Fsp3) is 0.235. The lowest BCUT2D eigenvalue weighted by molar-refractivity contribution is 0.189. The topological polar surface area (TPSA) is 123 Å². The number of hydrogen-bond donors (Lipinski definition) is 2. The van der Waals surface area contributed by atoms with E-state index in [1.54, 1.807) is 48.6 Å². The lowest BCUT2D eigenvalue weighted by Crippen LogP contribution is -2.19. The molecule has 10 heteroatoms. The van der Waals surface area contributed by atoms with Gasteiger partial charge in [0.1, 0.15) is 6.07 Å². The quantitative estimate of drug-likeness (QED) is 0.617. The smallest absolute Gasteiger partial charge is 0.324 e. The fourth-order valence-electron chi connectivity index (χ4n) is 2.37. The van der Waals surface area contributed by atoms with Crippen LogP contribution in [-0.4, -0.2) is 44.3 Å². The Labute approximate surface area is 155 Å². The first-order valence-electron chi connectivity index (χ1n) is 8.20. The van der Waals surface area contributed by atoms with Crippen molar-refractivity contribution in [3.63, 3.8) is 0 Å². The molecule has 0 aliphatic rings. The molecule has 0 aliphatic heterocycles. The minimum Gasteiger partial charge on any atom is -0.385 e. The summed E-state index contributed by atoms with van der Waals surface area (Å²) in [6.45, 7) is 1.35. The highest BCUT2D eigenvalue weighted by molar-refractivity contribution is 5.98. The van der Waals surface area contributed by atoms with E-state index in [4.69, 9.17) is 10.00 Å². The molecule has 0 fully saturated rings. The van der Waals surface area contributed by atoms with Gasteiger partial charge in [-0.3, -0.25) is 10.00 Å². The van der Waals surface area contributed by atoms with E-state index in [1.165, 1.54) is 10.9 Å². The summed E-state index contributed by atoms with van der Waals surface area (Å²) in [6, 6.07) is 6.64. The molecule has 3 aromatic rings. The molecule has 27 heavy (non-hydrogen) atoms. The van der Waals surface area contributed by atoms with E-state index in [0.717, 1.165) is 6.42 Å². The highest BCUT2D eigenvalue weighted by Gasteiger charge is 2.10. The van der Waals surface area contributed by atoms with Gasteiger partial charge < -0.3 is 10.1 Å². The van der Waals surface area contributed by atoms with Gasteiger partial charge in [-0.05, 0) is 18.6 Å². The molecule has 0 bridgehead atoms. The molecule has 0 saturated carbocycles. The number of nitriles is 1. The Morgan fingerprint density at radius 1 is 1.37 bits per heavy atom. The van der Waals surface area contributed by atoms with Crippen molar-refractivity contribution >= 4 is 17.5 Å². The Bertz CT molecular complexity index is 956. The first kappa shape index (κ1) is 18.1. The van der Waals surface area contributed by atoms with Gasteiger partial charge in [-0.15, -0.1) is 0 Å². The predicted octanol–water partition coefficient (Wildman–Crippen LogP) is 2.02. The number of aromatic nitrogens is 5. The Morgan fingerprint density at radius 2 is 2.26 bits per heavy atom. The summed E-state index contributed by atoms with van der Waals surface area (Å²) in [5, 5.41) is 22.9. The van der Waals surface area contributed by atoms with Crippen molar-refractivity contribution in [2.24, 2.45) is 0 Å². The van der Waals surface area contributed by atoms with Gasteiger partial charge in [-0.1, -0.05) is 0 Å². The molecule has 0 aromatic carbocycles. The minimum atomic E-state index is -0.446. The zero-order valence-electron chi connectivity index (χ0n) is 14.7. The number of amides is 2. The molecule has 3 aromatic heterocycles. The fourth-order valence-corrected chi connectivity index (χ4v) is 2.37. The van der Waals surface area contributed by atoms with Crippen LogP contribution in [0.1, 0.15) is 12.0 Å². The molecule has 138 valence electrons. The third-order valence-electron chi connectivity index (χ3n) is 3.58. The van der Waals surface area contributed by atoms with Gasteiger partial charge in [0, 0.05) is 38.7 Å². The Hall–Kier alpha value is -3.71. The first-order chi connectivity index (χ1) is 13.2. The largest absolute Gasteiger partial charge is 0.385 e. The van der Waals surface area contributed by atoms with Gasteiger partial charge in [0.15, 0.2) is 11.6 Å². The van der Waals surface area contributed by atoms with Crippen LogP contribution in [-0.2, 0) is 11.3 Å². The number of aryl methyl sites for hydroxylation is 1. The summed E-state index contributed by atoms with van der Waals surface area (Å²) >= 11 is 0. The summed E-state index contributed by atoms with van der Waals surface area (Å²) in [6.07, 6.45) is 7.24. The van der Waals surface area contributed by atoms with Crippen molar-refractivity contribution in [1.82, 2.24) is 24.5 Å². The Morgan fingerprint density at radius 3 is 3.07 bits per heavy atom. The number of ether oxygens (including phenoxy) is 1. The van der Waals surface area contributed by atoms with E-state index >= 15 is 0 Å². The molecular formula is C17H18N8O2. The molecule has 0 aliphatic carbocycles. The lowest BCUT2D eigenvalue weighted by Gasteiger charge is -2.04. The average Bonchev–Trinajstić information content (AvgIpc) is 3.31. The number of methoxy groups -OCH3 is 1. The van der Waals surface area contributed by atoms with Crippen molar-refractivity contribution in [2.75, 3.05) is 24.4 Å². The highest BCUT2D eigenvalue weighted by atomic mass is 16.5. The summed E-state index contributed by atoms with van der Waals surface area (Å²) < 4.78 is 8.16. The maximum Gasteiger partial charge on any atom is 0.324 e. The van der Waals surface area contributed by atoms with E-state index in [1.807, 2.05) is 0 Å². The van der Waals surface area contributed by atoms with Crippen LogP contribution in [0.15, 0.2) is 43.0 Å². The molecule has 0 atom stereocenters. The maximum absolute atomic E-state index is 12.1. The van der Waals surface area contributed by atoms with Crippen LogP contribution in [0.25, 0.3) is 5.82 Å². The zero-order valence-corrected chi connectivity index (χ0v) is 14.7. The van der Waals surface area contributed by atoms with Crippen LogP contribution < -0.4 is 10.6 Å². The molecule has 3 rings (SSSR count). The van der Waals surface area contributed by atoms with E-state index in [2.05, 4.69) is 31.9 Å². The van der Waals surface area contributed by atoms with E-state index in [0.29, 0.717) is 36.0 Å². The zero-order chi connectivity index (χ0) is 19.1. The molecule has 2 N–H and O–H groups in total. The van der Waals surface area contributed by atoms with Gasteiger partial charge in [-0.25, -0.2) is 14.5 Å². The molecule has 0 spiro atoms. The molecule has 0 unspecified atom stereocenters.